The molecule has 23 heavy (non-hydrogen) atoms. The molecule has 6 heteroatoms. The van der Waals surface area contributed by atoms with Crippen molar-refractivity contribution in [1.82, 2.24) is 20.0 Å². The van der Waals surface area contributed by atoms with Crippen LogP contribution in [0.5, 0.6) is 0 Å². The molecule has 1 N–H and O–H groups in total. The summed E-state index contributed by atoms with van der Waals surface area (Å²) in [5.41, 5.74) is 1.64. The van der Waals surface area contributed by atoms with E-state index >= 15 is 0 Å². The number of hydrogen-bond donors (Lipinski definition) is 1. The maximum atomic E-state index is 12.7. The van der Waals surface area contributed by atoms with E-state index < -0.39 is 0 Å². The van der Waals surface area contributed by atoms with Crippen LogP contribution in [0.3, 0.4) is 0 Å². The zero-order chi connectivity index (χ0) is 14.9. The minimum absolute atomic E-state index is 0. The molecule has 2 aromatic rings. The van der Waals surface area contributed by atoms with E-state index in [1.54, 1.807) is 10.9 Å². The lowest BCUT2D eigenvalue weighted by molar-refractivity contribution is 0.0785. The monoisotopic (exact) mass is 332 g/mol. The Morgan fingerprint density at radius 3 is 2.83 bits per heavy atom. The summed E-state index contributed by atoms with van der Waals surface area (Å²) in [6.07, 6.45) is 5.94. The molecule has 0 saturated carbocycles. The summed E-state index contributed by atoms with van der Waals surface area (Å²) in [5.74, 6) is 0.709. The summed E-state index contributed by atoms with van der Waals surface area (Å²) >= 11 is 0. The van der Waals surface area contributed by atoms with Gasteiger partial charge in [-0.2, -0.15) is 5.10 Å². The molecule has 3 heterocycles. The number of carbonyl (C=O) groups is 1. The van der Waals surface area contributed by atoms with E-state index in [0.717, 1.165) is 25.3 Å². The molecule has 2 aliphatic heterocycles. The van der Waals surface area contributed by atoms with E-state index in [1.165, 1.54) is 12.8 Å². The van der Waals surface area contributed by atoms with Crippen molar-refractivity contribution in [2.45, 2.75) is 18.9 Å². The van der Waals surface area contributed by atoms with Crippen LogP contribution in [-0.4, -0.2) is 46.3 Å². The number of piperidine rings is 1. The number of halogens is 1. The lowest BCUT2D eigenvalue weighted by Gasteiger charge is -2.24. The molecule has 0 radical (unpaired) electrons. The number of hydrogen-bond acceptors (Lipinski definition) is 3. The lowest BCUT2D eigenvalue weighted by atomic mass is 9.94. The number of benzene rings is 1. The summed E-state index contributed by atoms with van der Waals surface area (Å²) in [4.78, 5) is 14.7. The molecule has 0 aliphatic carbocycles. The molecule has 0 spiro atoms. The fourth-order valence-corrected chi connectivity index (χ4v) is 3.55. The molecule has 2 saturated heterocycles. The Hall–Kier alpha value is -1.85. The third-order valence-electron chi connectivity index (χ3n) is 4.74. The highest BCUT2D eigenvalue weighted by Gasteiger charge is 2.36. The molecule has 0 unspecified atom stereocenters. The third-order valence-corrected chi connectivity index (χ3v) is 4.74. The van der Waals surface area contributed by atoms with Crippen molar-refractivity contribution in [3.05, 3.63) is 48.3 Å². The second kappa shape index (κ2) is 6.72. The van der Waals surface area contributed by atoms with E-state index in [9.17, 15) is 4.79 Å². The third kappa shape index (κ3) is 3.12. The molecule has 1 aromatic heterocycles. The Morgan fingerprint density at radius 2 is 2.04 bits per heavy atom. The SMILES string of the molecule is Cl.O=C(c1cnn(-c2ccccc2)c1)N1C[C@@H]2CCCN[C@@H]2C1. The van der Waals surface area contributed by atoms with Gasteiger partial charge in [-0.15, -0.1) is 12.4 Å². The molecule has 5 nitrogen and oxygen atoms in total. The van der Waals surface area contributed by atoms with Crippen LogP contribution in [0.1, 0.15) is 23.2 Å². The van der Waals surface area contributed by atoms with Crippen molar-refractivity contribution in [3.63, 3.8) is 0 Å². The second-order valence-corrected chi connectivity index (χ2v) is 6.18. The predicted molar refractivity (Wildman–Crippen MR) is 91.2 cm³/mol. The van der Waals surface area contributed by atoms with Gasteiger partial charge in [0, 0.05) is 25.3 Å². The van der Waals surface area contributed by atoms with Crippen molar-refractivity contribution in [1.29, 1.82) is 0 Å². The Morgan fingerprint density at radius 1 is 1.22 bits per heavy atom. The number of nitrogens with one attached hydrogen (secondary N) is 1. The second-order valence-electron chi connectivity index (χ2n) is 6.18. The first-order valence-corrected chi connectivity index (χ1v) is 7.94. The highest BCUT2D eigenvalue weighted by molar-refractivity contribution is 5.94. The smallest absolute Gasteiger partial charge is 0.257 e. The van der Waals surface area contributed by atoms with Crippen LogP contribution in [0.15, 0.2) is 42.7 Å². The topological polar surface area (TPSA) is 50.2 Å². The zero-order valence-corrected chi connectivity index (χ0v) is 13.7. The molecular formula is C17H21ClN4O. The van der Waals surface area contributed by atoms with Gasteiger partial charge in [-0.25, -0.2) is 4.68 Å². The number of para-hydroxylation sites is 1. The Kier molecular flexibility index (Phi) is 4.68. The van der Waals surface area contributed by atoms with Crippen molar-refractivity contribution in [3.8, 4) is 5.69 Å². The quantitative estimate of drug-likeness (QED) is 0.916. The normalized spacial score (nSPS) is 23.2. The van der Waals surface area contributed by atoms with Crippen LogP contribution < -0.4 is 5.32 Å². The van der Waals surface area contributed by atoms with Gasteiger partial charge in [-0.05, 0) is 37.4 Å². The highest BCUT2D eigenvalue weighted by atomic mass is 35.5. The largest absolute Gasteiger partial charge is 0.337 e. The standard InChI is InChI=1S/C17H20N4O.ClH/c22-17(20-10-13-5-4-8-18-16(13)12-20)14-9-19-21(11-14)15-6-2-1-3-7-15;/h1-3,6-7,9,11,13,16,18H,4-5,8,10,12H2;1H/t13-,16+;/m0./s1. The molecular weight excluding hydrogens is 312 g/mol. The van der Waals surface area contributed by atoms with Gasteiger partial charge < -0.3 is 10.2 Å². The fourth-order valence-electron chi connectivity index (χ4n) is 3.55. The highest BCUT2D eigenvalue weighted by Crippen LogP contribution is 2.26. The van der Waals surface area contributed by atoms with Gasteiger partial charge in [0.25, 0.3) is 5.91 Å². The van der Waals surface area contributed by atoms with Crippen LogP contribution in [0.4, 0.5) is 0 Å². The van der Waals surface area contributed by atoms with E-state index in [0.29, 0.717) is 17.5 Å². The first kappa shape index (κ1) is 16.0. The Labute approximate surface area is 142 Å². The van der Waals surface area contributed by atoms with Gasteiger partial charge in [0.05, 0.1) is 17.4 Å². The number of carbonyl (C=O) groups excluding carboxylic acids is 1. The number of aromatic nitrogens is 2. The molecule has 122 valence electrons. The number of nitrogens with zero attached hydrogens (tertiary/aromatic N) is 3. The summed E-state index contributed by atoms with van der Waals surface area (Å²) < 4.78 is 1.76. The predicted octanol–water partition coefficient (Wildman–Crippen LogP) is 2.12. The average Bonchev–Trinajstić information content (AvgIpc) is 3.22. The maximum Gasteiger partial charge on any atom is 0.257 e. The number of rotatable bonds is 2. The first-order valence-electron chi connectivity index (χ1n) is 7.94. The molecule has 0 bridgehead atoms. The van der Waals surface area contributed by atoms with Crippen LogP contribution in [0, 0.1) is 5.92 Å². The van der Waals surface area contributed by atoms with Gasteiger partial charge in [0.1, 0.15) is 0 Å². The molecule has 2 aliphatic rings. The van der Waals surface area contributed by atoms with Crippen LogP contribution in [0.2, 0.25) is 0 Å². The Bertz CT molecular complexity index is 658. The summed E-state index contributed by atoms with van der Waals surface area (Å²) in [6.45, 7) is 2.77. The van der Waals surface area contributed by atoms with Gasteiger partial charge in [-0.3, -0.25) is 4.79 Å². The summed E-state index contributed by atoms with van der Waals surface area (Å²) in [7, 11) is 0. The minimum Gasteiger partial charge on any atom is -0.337 e. The lowest BCUT2D eigenvalue weighted by Crippen LogP contribution is -2.41. The Balaban J connectivity index is 0.00000156. The van der Waals surface area contributed by atoms with Crippen LogP contribution in [0.25, 0.3) is 5.69 Å². The molecule has 2 fully saturated rings. The minimum atomic E-state index is 0. The maximum absolute atomic E-state index is 12.7. The van der Waals surface area contributed by atoms with Gasteiger partial charge >= 0.3 is 0 Å². The number of likely N-dealkylation sites (tertiary alicyclic amines) is 1. The number of fused-ring (bicyclic) bond motifs is 1. The summed E-state index contributed by atoms with van der Waals surface area (Å²) in [5, 5.41) is 7.86. The average molecular weight is 333 g/mol. The zero-order valence-electron chi connectivity index (χ0n) is 12.9. The van der Waals surface area contributed by atoms with E-state index in [1.807, 2.05) is 41.4 Å². The molecule has 1 aromatic carbocycles. The van der Waals surface area contributed by atoms with Crippen molar-refractivity contribution >= 4 is 18.3 Å². The number of amides is 1. The fraction of sp³-hybridized carbons (Fsp3) is 0.412. The van der Waals surface area contributed by atoms with Gasteiger partial charge in [-0.1, -0.05) is 18.2 Å². The van der Waals surface area contributed by atoms with E-state index in [2.05, 4.69) is 10.4 Å². The van der Waals surface area contributed by atoms with E-state index in [4.69, 9.17) is 0 Å². The summed E-state index contributed by atoms with van der Waals surface area (Å²) in [6, 6.07) is 10.3. The molecule has 1 amide bonds. The van der Waals surface area contributed by atoms with Crippen molar-refractivity contribution < 1.29 is 4.79 Å². The molecule has 2 atom stereocenters. The van der Waals surface area contributed by atoms with Crippen molar-refractivity contribution in [2.24, 2.45) is 5.92 Å². The van der Waals surface area contributed by atoms with Crippen LogP contribution in [-0.2, 0) is 0 Å². The van der Waals surface area contributed by atoms with Crippen molar-refractivity contribution in [2.75, 3.05) is 19.6 Å². The van der Waals surface area contributed by atoms with Crippen LogP contribution >= 0.6 is 12.4 Å². The van der Waals surface area contributed by atoms with E-state index in [-0.39, 0.29) is 18.3 Å². The first-order chi connectivity index (χ1) is 10.8. The van der Waals surface area contributed by atoms with Gasteiger partial charge in [0.15, 0.2) is 0 Å². The molecule has 4 rings (SSSR count). The van der Waals surface area contributed by atoms with Gasteiger partial charge in [0.2, 0.25) is 0 Å².